The second kappa shape index (κ2) is 32.1. The molecule has 0 aliphatic rings. The average molecular weight is 1810 g/mol. The third-order valence-electron chi connectivity index (χ3n) is 28.4. The van der Waals surface area contributed by atoms with Gasteiger partial charge in [0.1, 0.15) is 33.5 Å². The molecule has 0 saturated carbocycles. The van der Waals surface area contributed by atoms with Crippen LogP contribution in [-0.2, 0) is 0 Å². The molecule has 3 nitrogen and oxygen atoms in total. The fourth-order valence-corrected chi connectivity index (χ4v) is 22.4. The Morgan fingerprint density at radius 2 is 0.355 bits per heavy atom. The van der Waals surface area contributed by atoms with Crippen molar-refractivity contribution in [2.75, 3.05) is 0 Å². The van der Waals surface area contributed by atoms with Crippen LogP contribution in [0.1, 0.15) is 32.9 Å². The SMILES string of the molecule is [2H]c1c([2H])c([2H])c2c(-c3cc4oc5ccc6ccccc6c5c4c4ccccc34)c3c([2H])c([2H])c([2H])c([2H])c3c(-c3ccc(-c4cccc5ccccc45)cc3)c2c1[2H].[2H]c1c([2H])c([2H])c2c(-c3cc4oc5ccc6ccccc6c5c4c4ccccc34)c3c([2H])c([2H])c([2H])c([2H])c3c(-c3ccc4ccccc4c3)c2c1[2H].[2H]c1c([2H])c([2H])c2c(-c3cc4oc5ccc6ccccc6c5c4c4ccccc34)c3c([2H])c([2H])c([2H])c([2H])c3c(-c3cccc4ccccc34)c2c1[2H]. The fraction of sp³-hybridized carbons (Fsp3) is 0. The van der Waals surface area contributed by atoms with Crippen LogP contribution in [-0.4, -0.2) is 0 Å². The van der Waals surface area contributed by atoms with Gasteiger partial charge >= 0.3 is 0 Å². The highest BCUT2D eigenvalue weighted by atomic mass is 16.3. The van der Waals surface area contributed by atoms with E-state index in [4.69, 9.17) is 29.7 Å². The Kier molecular flexibility index (Phi) is 13.5. The quantitative estimate of drug-likeness (QED) is 0.149. The summed E-state index contributed by atoms with van der Waals surface area (Å²) in [6.07, 6.45) is 0. The van der Waals surface area contributed by atoms with E-state index in [0.717, 1.165) is 140 Å². The van der Waals surface area contributed by atoms with Gasteiger partial charge in [-0.25, -0.2) is 0 Å². The van der Waals surface area contributed by atoms with Gasteiger partial charge in [0, 0.05) is 32.3 Å². The smallest absolute Gasteiger partial charge is 0.136 e. The highest BCUT2D eigenvalue weighted by Gasteiger charge is 2.28. The zero-order valence-corrected chi connectivity index (χ0v) is 74.7. The Hall–Kier alpha value is -18.5. The fourth-order valence-electron chi connectivity index (χ4n) is 22.4. The van der Waals surface area contributed by atoms with Crippen LogP contribution in [0, 0.1) is 0 Å². The predicted molar refractivity (Wildman–Crippen MR) is 602 cm³/mol. The van der Waals surface area contributed by atoms with Gasteiger partial charge in [-0.1, -0.05) is 454 Å². The Bertz CT molecular complexity index is 12100. The van der Waals surface area contributed by atoms with Gasteiger partial charge in [0.05, 0.1) is 32.9 Å². The number of rotatable bonds is 7. The molecule has 652 valence electrons. The molecule has 3 heterocycles. The lowest BCUT2D eigenvalue weighted by Gasteiger charge is -2.20. The van der Waals surface area contributed by atoms with Crippen molar-refractivity contribution in [3.05, 3.63) is 497 Å². The lowest BCUT2D eigenvalue weighted by Crippen LogP contribution is -1.92. The molecule has 3 aromatic heterocycles. The zero-order chi connectivity index (χ0) is 113. The molecule has 31 rings (SSSR count). The minimum absolute atomic E-state index is 0.160. The van der Waals surface area contributed by atoms with Crippen LogP contribution in [0.2, 0.25) is 0 Å². The lowest BCUT2D eigenvalue weighted by atomic mass is 9.83. The standard InChI is InChI=1S/C50H30O.2C44H26O/c1-3-15-35-31(12-1)14-11-23-36(35)33-24-26-34(27-25-33)47-40-19-7-9-21-42(40)48(43-22-10-8-20-41(43)47)44-30-46-50(39-18-6-5-17-38(39)44)49-37-16-4-2-13-32(37)28-29-45(49)51-46;1-3-15-29-27(12-1)14-11-23-32(29)41-34-19-7-9-21-36(34)42(37-22-10-8-20-35(37)41)38-26-40-44(33-18-6-5-17-31(33)38)43-30-16-4-2-13-28(30)24-25-39(43)45-40;1-2-13-29-25-30(22-21-27(29)11-1)41-34-17-7-9-19-36(34)42(37-20-10-8-18-35(37)41)38-26-40-44(33-16-6-5-15-32(33)38)43-31-14-4-3-12-28(31)23-24-39(43)45-40/h1-30H;2*1-26H/i2*7D,8D,9D,10D,19D,20D,21D,22D;7D,8D,9D,10D,17D,18D,19D,20D. The molecule has 0 spiro atoms. The first-order valence-electron chi connectivity index (χ1n) is 58.7. The summed E-state index contributed by atoms with van der Waals surface area (Å²) in [6, 6.07) is 105. The molecule has 0 aliphatic carbocycles. The minimum atomic E-state index is -0.443. The molecule has 0 saturated heterocycles. The molecule has 0 unspecified atom stereocenters. The summed E-state index contributed by atoms with van der Waals surface area (Å²) in [5.74, 6) is 0. The summed E-state index contributed by atoms with van der Waals surface area (Å²) in [7, 11) is 0. The van der Waals surface area contributed by atoms with Gasteiger partial charge in [-0.2, -0.15) is 0 Å². The maximum Gasteiger partial charge on any atom is 0.136 e. The maximum absolute atomic E-state index is 9.54. The number of furan rings is 3. The van der Waals surface area contributed by atoms with Crippen LogP contribution in [0.15, 0.2) is 510 Å². The van der Waals surface area contributed by atoms with Gasteiger partial charge in [-0.15, -0.1) is 0 Å². The van der Waals surface area contributed by atoms with E-state index in [1.165, 1.54) is 0 Å². The molecular formula is C138H82O3. The Labute approximate surface area is 843 Å². The van der Waals surface area contributed by atoms with Gasteiger partial charge in [0.15, 0.2) is 0 Å². The average Bonchev–Trinajstić information content (AvgIpc) is 1.39. The molecule has 141 heavy (non-hydrogen) atoms. The van der Waals surface area contributed by atoms with Gasteiger partial charge in [0.25, 0.3) is 0 Å². The van der Waals surface area contributed by atoms with Crippen LogP contribution >= 0.6 is 0 Å². The Morgan fingerprint density at radius 3 is 0.702 bits per heavy atom. The first kappa shape index (κ1) is 59.4. The Balaban J connectivity index is 0.000000113. The monoisotopic (exact) mass is 1810 g/mol. The van der Waals surface area contributed by atoms with E-state index >= 15 is 0 Å². The molecule has 0 aliphatic heterocycles. The molecule has 0 atom stereocenters. The van der Waals surface area contributed by atoms with Gasteiger partial charge in [0.2, 0.25) is 0 Å². The third-order valence-corrected chi connectivity index (χ3v) is 28.4. The second-order valence-electron chi connectivity index (χ2n) is 35.8. The summed E-state index contributed by atoms with van der Waals surface area (Å²) in [5, 5.41) is 24.3. The highest BCUT2D eigenvalue weighted by molar-refractivity contribution is 6.36. The number of hydrogen-bond acceptors (Lipinski definition) is 3. The molecular weight excluding hydrogens is 1710 g/mol. The van der Waals surface area contributed by atoms with E-state index in [9.17, 15) is 16.4 Å². The molecule has 0 N–H and O–H groups in total. The molecule has 0 amide bonds. The van der Waals surface area contributed by atoms with E-state index < -0.39 is 72.5 Å². The predicted octanol–water partition coefficient (Wildman–Crippen LogP) is 39.7. The molecule has 0 radical (unpaired) electrons. The summed E-state index contributed by atoms with van der Waals surface area (Å²) in [5.41, 5.74) is 10.8. The van der Waals surface area contributed by atoms with Crippen molar-refractivity contribution in [2.45, 2.75) is 0 Å². The summed E-state index contributed by atoms with van der Waals surface area (Å²) in [6.45, 7) is 0. The zero-order valence-electron chi connectivity index (χ0n) is 98.7. The third kappa shape index (κ3) is 12.5. The summed E-state index contributed by atoms with van der Waals surface area (Å²) >= 11 is 0. The summed E-state index contributed by atoms with van der Waals surface area (Å²) in [4.78, 5) is 0. The topological polar surface area (TPSA) is 39.4 Å². The number of benzene rings is 28. The molecule has 28 aromatic carbocycles. The van der Waals surface area contributed by atoms with E-state index in [2.05, 4.69) is 60.7 Å². The van der Waals surface area contributed by atoms with Gasteiger partial charge < -0.3 is 13.3 Å². The first-order chi connectivity index (χ1) is 80.0. The second-order valence-corrected chi connectivity index (χ2v) is 35.8. The minimum Gasteiger partial charge on any atom is -0.456 e. The lowest BCUT2D eigenvalue weighted by molar-refractivity contribution is 0.669. The summed E-state index contributed by atoms with van der Waals surface area (Å²) < 4.78 is 240. The van der Waals surface area contributed by atoms with Crippen molar-refractivity contribution >= 4 is 227 Å². The maximum atomic E-state index is 9.54. The molecule has 0 fully saturated rings. The van der Waals surface area contributed by atoms with Crippen molar-refractivity contribution in [3.63, 3.8) is 0 Å². The van der Waals surface area contributed by atoms with E-state index in [1.807, 2.05) is 291 Å². The normalized spacial score (nSPS) is 14.4. The van der Waals surface area contributed by atoms with Crippen LogP contribution < -0.4 is 0 Å². The largest absolute Gasteiger partial charge is 0.456 e. The van der Waals surface area contributed by atoms with Gasteiger partial charge in [-0.05, 0) is 282 Å². The van der Waals surface area contributed by atoms with Crippen molar-refractivity contribution in [3.8, 4) is 77.9 Å². The molecule has 3 heteroatoms. The molecule has 0 bridgehead atoms. The van der Waals surface area contributed by atoms with Crippen LogP contribution in [0.4, 0.5) is 0 Å². The van der Waals surface area contributed by atoms with E-state index in [1.54, 1.807) is 0 Å². The Morgan fingerprint density at radius 1 is 0.128 bits per heavy atom. The van der Waals surface area contributed by atoms with Crippen molar-refractivity contribution in [1.82, 2.24) is 0 Å². The number of hydrogen-bond donors (Lipinski definition) is 0. The van der Waals surface area contributed by atoms with Crippen molar-refractivity contribution in [1.29, 1.82) is 0 Å². The van der Waals surface area contributed by atoms with E-state index in [-0.39, 0.29) is 143 Å². The van der Waals surface area contributed by atoms with Crippen LogP contribution in [0.5, 0.6) is 0 Å². The first-order valence-corrected chi connectivity index (χ1v) is 46.7. The van der Waals surface area contributed by atoms with Crippen LogP contribution in [0.25, 0.3) is 305 Å². The molecule has 31 aromatic rings. The van der Waals surface area contributed by atoms with Crippen LogP contribution in [0.3, 0.4) is 0 Å². The number of fused-ring (bicyclic) bond motifs is 30. The van der Waals surface area contributed by atoms with Gasteiger partial charge in [-0.3, -0.25) is 0 Å². The highest BCUT2D eigenvalue weighted by Crippen LogP contribution is 2.55. The van der Waals surface area contributed by atoms with E-state index in [0.29, 0.717) is 94.7 Å². The van der Waals surface area contributed by atoms with Crippen molar-refractivity contribution in [2.24, 2.45) is 0 Å². The van der Waals surface area contributed by atoms with Crippen molar-refractivity contribution < 1.29 is 46.1 Å².